The summed E-state index contributed by atoms with van der Waals surface area (Å²) in [5.74, 6) is 0.678. The van der Waals surface area contributed by atoms with E-state index < -0.39 is 4.92 Å². The van der Waals surface area contributed by atoms with Crippen LogP contribution < -0.4 is 5.56 Å². The number of fused-ring (bicyclic) bond motifs is 1. The Morgan fingerprint density at radius 1 is 1.15 bits per heavy atom. The molecule has 0 saturated heterocycles. The van der Waals surface area contributed by atoms with Crippen LogP contribution in [0.1, 0.15) is 31.5 Å². The van der Waals surface area contributed by atoms with Crippen molar-refractivity contribution in [2.24, 2.45) is 0 Å². The predicted octanol–water partition coefficient (Wildman–Crippen LogP) is 3.72. The maximum atomic E-state index is 12.5. The van der Waals surface area contributed by atoms with E-state index in [0.717, 1.165) is 25.7 Å². The number of halogens is 1. The molecule has 0 spiro atoms. The largest absolute Gasteiger partial charge is 0.358 e. The van der Waals surface area contributed by atoms with E-state index in [-0.39, 0.29) is 11.4 Å². The van der Waals surface area contributed by atoms with Crippen molar-refractivity contribution >= 4 is 28.3 Å². The zero-order chi connectivity index (χ0) is 19.4. The van der Waals surface area contributed by atoms with E-state index >= 15 is 0 Å². The highest BCUT2D eigenvalue weighted by Gasteiger charge is 2.16. The molecular weight excluding hydrogens is 370 g/mol. The van der Waals surface area contributed by atoms with Gasteiger partial charge in [0.25, 0.3) is 5.56 Å². The molecule has 3 aromatic rings. The fourth-order valence-electron chi connectivity index (χ4n) is 3.07. The van der Waals surface area contributed by atoms with Gasteiger partial charge in [-0.05, 0) is 42.4 Å². The highest BCUT2D eigenvalue weighted by atomic mass is 35.5. The topological polar surface area (TPSA) is 95.8 Å². The average molecular weight is 390 g/mol. The van der Waals surface area contributed by atoms with E-state index in [2.05, 4.69) is 9.97 Å². The number of imidazole rings is 1. The van der Waals surface area contributed by atoms with Crippen molar-refractivity contribution in [3.63, 3.8) is 0 Å². The highest BCUT2D eigenvalue weighted by molar-refractivity contribution is 6.31. The number of hydrogen-bond acceptors (Lipinski definition) is 5. The Morgan fingerprint density at radius 3 is 2.63 bits per heavy atom. The van der Waals surface area contributed by atoms with E-state index in [0.29, 0.717) is 34.8 Å². The van der Waals surface area contributed by atoms with E-state index in [9.17, 15) is 14.9 Å². The molecule has 0 bridgehead atoms. The molecule has 0 unspecified atom stereocenters. The van der Waals surface area contributed by atoms with Crippen molar-refractivity contribution in [1.29, 1.82) is 0 Å². The number of nitrogens with zero attached hydrogens (tertiary/aromatic N) is 5. The molecule has 0 aliphatic rings. The molecule has 142 valence electrons. The molecular formula is C18H20ClN5O3. The Hall–Kier alpha value is -2.74. The lowest BCUT2D eigenvalue weighted by Crippen LogP contribution is -2.20. The third kappa shape index (κ3) is 4.33. The zero-order valence-electron chi connectivity index (χ0n) is 15.0. The molecule has 27 heavy (non-hydrogen) atoms. The molecule has 3 rings (SSSR count). The molecule has 0 N–H and O–H groups in total. The number of hydrogen-bond donors (Lipinski definition) is 0. The molecule has 0 radical (unpaired) electrons. The third-order valence-electron chi connectivity index (χ3n) is 4.54. The molecule has 0 fully saturated rings. The van der Waals surface area contributed by atoms with E-state index in [1.807, 2.05) is 0 Å². The number of aryl methyl sites for hydroxylation is 2. The molecule has 8 nitrogen and oxygen atoms in total. The van der Waals surface area contributed by atoms with Gasteiger partial charge in [-0.1, -0.05) is 18.0 Å². The third-order valence-corrected chi connectivity index (χ3v) is 4.77. The van der Waals surface area contributed by atoms with Crippen LogP contribution in [0.2, 0.25) is 5.02 Å². The lowest BCUT2D eigenvalue weighted by Gasteiger charge is -2.07. The molecule has 9 heteroatoms. The number of unbranched alkanes of at least 4 members (excludes halogenated alkanes) is 3. The molecule has 1 aromatic carbocycles. The van der Waals surface area contributed by atoms with Crippen molar-refractivity contribution < 1.29 is 4.92 Å². The second-order valence-electron chi connectivity index (χ2n) is 6.39. The maximum absolute atomic E-state index is 12.5. The van der Waals surface area contributed by atoms with Crippen molar-refractivity contribution in [1.82, 2.24) is 19.1 Å². The Morgan fingerprint density at radius 2 is 1.89 bits per heavy atom. The number of benzene rings is 1. The van der Waals surface area contributed by atoms with Crippen molar-refractivity contribution in [2.75, 3.05) is 0 Å². The summed E-state index contributed by atoms with van der Waals surface area (Å²) in [6.45, 7) is 2.92. The summed E-state index contributed by atoms with van der Waals surface area (Å²) in [7, 11) is 0. The van der Waals surface area contributed by atoms with Crippen molar-refractivity contribution in [3.05, 3.63) is 62.0 Å². The molecule has 2 aromatic heterocycles. The predicted molar refractivity (Wildman–Crippen MR) is 103 cm³/mol. The van der Waals surface area contributed by atoms with Crippen LogP contribution in [0.25, 0.3) is 10.9 Å². The zero-order valence-corrected chi connectivity index (χ0v) is 15.7. The molecule has 2 heterocycles. The standard InChI is InChI=1S/C18H20ClN5O3/c1-13-20-11-17(24(26)27)23(13)9-5-3-2-4-8-22-12-21-16-10-14(19)6-7-15(16)18(22)25/h6-7,10-12H,2-5,8-9H2,1H3. The van der Waals surface area contributed by atoms with Crippen LogP contribution in [0.15, 0.2) is 35.5 Å². The Labute approximate surface area is 160 Å². The summed E-state index contributed by atoms with van der Waals surface area (Å²) in [4.78, 5) is 31.3. The van der Waals surface area contributed by atoms with Gasteiger partial charge in [0.2, 0.25) is 0 Å². The molecule has 0 aliphatic heterocycles. The molecule has 0 amide bonds. The molecule has 0 aliphatic carbocycles. The minimum Gasteiger partial charge on any atom is -0.358 e. The quantitative estimate of drug-likeness (QED) is 0.332. The van der Waals surface area contributed by atoms with Gasteiger partial charge in [-0.2, -0.15) is 0 Å². The minimum atomic E-state index is -0.410. The van der Waals surface area contributed by atoms with Crippen LogP contribution in [0.5, 0.6) is 0 Å². The lowest BCUT2D eigenvalue weighted by molar-refractivity contribution is -0.392. The van der Waals surface area contributed by atoms with Crippen LogP contribution >= 0.6 is 11.6 Å². The summed E-state index contributed by atoms with van der Waals surface area (Å²) in [6.07, 6.45) is 6.35. The molecule has 0 saturated carbocycles. The highest BCUT2D eigenvalue weighted by Crippen LogP contribution is 2.16. The van der Waals surface area contributed by atoms with Gasteiger partial charge in [0.05, 0.1) is 23.8 Å². The van der Waals surface area contributed by atoms with Gasteiger partial charge in [-0.25, -0.2) is 14.5 Å². The Balaban J connectivity index is 1.50. The minimum absolute atomic E-state index is 0.0291. The van der Waals surface area contributed by atoms with Crippen LogP contribution in [0, 0.1) is 17.0 Å². The summed E-state index contributed by atoms with van der Waals surface area (Å²) in [6, 6.07) is 5.07. The van der Waals surface area contributed by atoms with Crippen molar-refractivity contribution in [2.45, 2.75) is 45.7 Å². The van der Waals surface area contributed by atoms with Crippen LogP contribution in [-0.4, -0.2) is 24.0 Å². The van der Waals surface area contributed by atoms with Gasteiger partial charge in [0.1, 0.15) is 6.20 Å². The van der Waals surface area contributed by atoms with E-state index in [4.69, 9.17) is 11.6 Å². The normalized spacial score (nSPS) is 11.2. The monoisotopic (exact) mass is 389 g/mol. The number of nitro groups is 1. The first kappa shape index (κ1) is 19.0. The van der Waals surface area contributed by atoms with E-state index in [1.165, 1.54) is 6.20 Å². The second kappa shape index (κ2) is 8.30. The first-order valence-electron chi connectivity index (χ1n) is 8.78. The number of aromatic nitrogens is 4. The molecule has 0 atom stereocenters. The van der Waals surface area contributed by atoms with Gasteiger partial charge in [-0.3, -0.25) is 9.36 Å². The summed E-state index contributed by atoms with van der Waals surface area (Å²) < 4.78 is 3.24. The van der Waals surface area contributed by atoms with Gasteiger partial charge in [-0.15, -0.1) is 0 Å². The van der Waals surface area contributed by atoms with Gasteiger partial charge in [0.15, 0.2) is 5.82 Å². The SMILES string of the molecule is Cc1ncc([N+](=O)[O-])n1CCCCCCn1cnc2cc(Cl)ccc2c1=O. The van der Waals surface area contributed by atoms with Crippen LogP contribution in [0.4, 0.5) is 5.82 Å². The van der Waals surface area contributed by atoms with E-state index in [1.54, 1.807) is 40.6 Å². The summed E-state index contributed by atoms with van der Waals surface area (Å²) in [5.41, 5.74) is 0.530. The maximum Gasteiger partial charge on any atom is 0.342 e. The smallest absolute Gasteiger partial charge is 0.342 e. The number of rotatable bonds is 8. The average Bonchev–Trinajstić information content (AvgIpc) is 3.00. The first-order valence-corrected chi connectivity index (χ1v) is 9.16. The fraction of sp³-hybridized carbons (Fsp3) is 0.389. The van der Waals surface area contributed by atoms with Gasteiger partial charge in [0, 0.05) is 18.5 Å². The summed E-state index contributed by atoms with van der Waals surface area (Å²) in [5, 5.41) is 12.1. The second-order valence-corrected chi connectivity index (χ2v) is 6.83. The Bertz CT molecular complexity index is 1030. The van der Waals surface area contributed by atoms with Crippen LogP contribution in [0.3, 0.4) is 0 Å². The van der Waals surface area contributed by atoms with Crippen LogP contribution in [-0.2, 0) is 13.1 Å². The summed E-state index contributed by atoms with van der Waals surface area (Å²) >= 11 is 5.92. The van der Waals surface area contributed by atoms with Crippen molar-refractivity contribution in [3.8, 4) is 0 Å². The fourth-order valence-corrected chi connectivity index (χ4v) is 3.24. The lowest BCUT2D eigenvalue weighted by atomic mass is 10.2. The van der Waals surface area contributed by atoms with Gasteiger partial charge >= 0.3 is 5.82 Å². The van der Waals surface area contributed by atoms with Gasteiger partial charge < -0.3 is 10.1 Å². The Kier molecular flexibility index (Phi) is 5.85. The first-order chi connectivity index (χ1) is 13.0.